The molecule has 0 aliphatic heterocycles. The zero-order valence-electron chi connectivity index (χ0n) is 13.6. The second-order valence-electron chi connectivity index (χ2n) is 5.81. The molecule has 116 valence electrons. The Labute approximate surface area is 129 Å². The minimum Gasteiger partial charge on any atom is -0.493 e. The molecule has 0 radical (unpaired) electrons. The monoisotopic (exact) mass is 287 g/mol. The van der Waals surface area contributed by atoms with Crippen LogP contribution in [0.4, 0.5) is 0 Å². The van der Waals surface area contributed by atoms with Crippen LogP contribution in [-0.4, -0.2) is 11.2 Å². The van der Waals surface area contributed by atoms with Gasteiger partial charge in [-0.1, -0.05) is 52.0 Å². The molecular formula is C19H29NO. The smallest absolute Gasteiger partial charge is 0.128 e. The summed E-state index contributed by atoms with van der Waals surface area (Å²) in [5, 5.41) is 1.25. The average Bonchev–Trinajstić information content (AvgIpc) is 2.92. The highest BCUT2D eigenvalue weighted by Crippen LogP contribution is 2.27. The summed E-state index contributed by atoms with van der Waals surface area (Å²) >= 11 is 0. The predicted molar refractivity (Wildman–Crippen MR) is 91.1 cm³/mol. The van der Waals surface area contributed by atoms with Crippen LogP contribution in [0.2, 0.25) is 0 Å². The summed E-state index contributed by atoms with van der Waals surface area (Å²) in [6, 6.07) is 8.57. The Hall–Kier alpha value is -1.44. The third-order valence-electron chi connectivity index (χ3n) is 3.99. The van der Waals surface area contributed by atoms with Crippen LogP contribution in [0.5, 0.6) is 5.75 Å². The van der Waals surface area contributed by atoms with Crippen molar-refractivity contribution >= 4 is 10.9 Å². The molecule has 0 fully saturated rings. The molecule has 0 saturated heterocycles. The lowest BCUT2D eigenvalue weighted by atomic mass is 10.1. The number of unbranched alkanes of at least 4 members (excludes halogenated alkanes) is 5. The van der Waals surface area contributed by atoms with Gasteiger partial charge in [0.25, 0.3) is 0 Å². The lowest BCUT2D eigenvalue weighted by molar-refractivity contribution is 0.321. The van der Waals surface area contributed by atoms with Crippen molar-refractivity contribution in [2.75, 3.05) is 6.61 Å². The highest BCUT2D eigenvalue weighted by atomic mass is 16.5. The first-order valence-corrected chi connectivity index (χ1v) is 8.57. The molecule has 2 aromatic rings. The summed E-state index contributed by atoms with van der Waals surface area (Å²) in [7, 11) is 0. The second kappa shape index (κ2) is 8.76. The van der Waals surface area contributed by atoms with Gasteiger partial charge in [0.05, 0.1) is 12.1 Å². The molecule has 2 rings (SSSR count). The van der Waals surface area contributed by atoms with E-state index in [0.717, 1.165) is 25.3 Å². The number of nitrogens with zero attached hydrogens (tertiary/aromatic N) is 1. The van der Waals surface area contributed by atoms with Crippen molar-refractivity contribution in [3.05, 3.63) is 30.5 Å². The highest BCUT2D eigenvalue weighted by Gasteiger charge is 2.06. The number of rotatable bonds is 10. The number of hydrogen-bond acceptors (Lipinski definition) is 1. The Bertz CT molecular complexity index is 529. The number of hydrogen-bond donors (Lipinski definition) is 0. The van der Waals surface area contributed by atoms with E-state index >= 15 is 0 Å². The average molecular weight is 287 g/mol. The Morgan fingerprint density at radius 1 is 0.905 bits per heavy atom. The molecule has 2 nitrogen and oxygen atoms in total. The van der Waals surface area contributed by atoms with Gasteiger partial charge in [-0.05, 0) is 31.0 Å². The Balaban J connectivity index is 1.92. The van der Waals surface area contributed by atoms with Gasteiger partial charge in [0.15, 0.2) is 0 Å². The van der Waals surface area contributed by atoms with Gasteiger partial charge < -0.3 is 9.30 Å². The minimum absolute atomic E-state index is 0.793. The van der Waals surface area contributed by atoms with Crippen LogP contribution < -0.4 is 4.74 Å². The van der Waals surface area contributed by atoms with Gasteiger partial charge in [-0.2, -0.15) is 0 Å². The van der Waals surface area contributed by atoms with E-state index < -0.39 is 0 Å². The molecule has 0 aliphatic rings. The van der Waals surface area contributed by atoms with E-state index in [4.69, 9.17) is 4.74 Å². The van der Waals surface area contributed by atoms with Crippen LogP contribution in [0.1, 0.15) is 58.8 Å². The van der Waals surface area contributed by atoms with Gasteiger partial charge in [-0.15, -0.1) is 0 Å². The van der Waals surface area contributed by atoms with Crippen molar-refractivity contribution in [3.8, 4) is 5.75 Å². The summed E-state index contributed by atoms with van der Waals surface area (Å²) in [6.07, 6.45) is 11.3. The topological polar surface area (TPSA) is 14.2 Å². The standard InChI is InChI=1S/C19H29NO/c1-3-5-6-7-8-9-14-20-15-13-17-18(20)11-10-12-19(17)21-16-4-2/h10-13,15H,3-9,14,16H2,1-2H3. The SMILES string of the molecule is CCCCCCCCn1ccc2c(OCCC)cccc21. The fraction of sp³-hybridized carbons (Fsp3) is 0.579. The van der Waals surface area contributed by atoms with E-state index in [1.165, 1.54) is 49.4 Å². The quantitative estimate of drug-likeness (QED) is 0.504. The maximum absolute atomic E-state index is 5.84. The first-order valence-electron chi connectivity index (χ1n) is 8.57. The largest absolute Gasteiger partial charge is 0.493 e. The van der Waals surface area contributed by atoms with Gasteiger partial charge >= 0.3 is 0 Å². The van der Waals surface area contributed by atoms with Crippen LogP contribution >= 0.6 is 0 Å². The third kappa shape index (κ3) is 4.52. The fourth-order valence-electron chi connectivity index (χ4n) is 2.79. The first-order chi connectivity index (χ1) is 10.4. The number of fused-ring (bicyclic) bond motifs is 1. The Morgan fingerprint density at radius 2 is 1.71 bits per heavy atom. The zero-order valence-corrected chi connectivity index (χ0v) is 13.6. The van der Waals surface area contributed by atoms with Gasteiger partial charge in [0.1, 0.15) is 5.75 Å². The number of ether oxygens (including phenoxy) is 1. The van der Waals surface area contributed by atoms with Crippen molar-refractivity contribution < 1.29 is 4.74 Å². The van der Waals surface area contributed by atoms with E-state index in [1.807, 2.05) is 0 Å². The normalized spacial score (nSPS) is 11.1. The van der Waals surface area contributed by atoms with Gasteiger partial charge in [0.2, 0.25) is 0 Å². The summed E-state index contributed by atoms with van der Waals surface area (Å²) in [5.74, 6) is 1.02. The third-order valence-corrected chi connectivity index (χ3v) is 3.99. The van der Waals surface area contributed by atoms with Crippen LogP contribution in [0.15, 0.2) is 30.5 Å². The van der Waals surface area contributed by atoms with Crippen molar-refractivity contribution in [3.63, 3.8) is 0 Å². The van der Waals surface area contributed by atoms with Gasteiger partial charge in [-0.25, -0.2) is 0 Å². The maximum Gasteiger partial charge on any atom is 0.128 e. The lowest BCUT2D eigenvalue weighted by Gasteiger charge is -2.08. The van der Waals surface area contributed by atoms with Gasteiger partial charge in [0, 0.05) is 18.1 Å². The Morgan fingerprint density at radius 3 is 2.52 bits per heavy atom. The molecular weight excluding hydrogens is 258 g/mol. The molecule has 0 unspecified atom stereocenters. The molecule has 0 aliphatic carbocycles. The summed E-state index contributed by atoms with van der Waals surface area (Å²) in [5.41, 5.74) is 1.30. The molecule has 1 aromatic heterocycles. The summed E-state index contributed by atoms with van der Waals surface area (Å²) in [6.45, 7) is 6.32. The van der Waals surface area contributed by atoms with E-state index in [-0.39, 0.29) is 0 Å². The zero-order chi connectivity index (χ0) is 14.9. The molecule has 0 bridgehead atoms. The van der Waals surface area contributed by atoms with E-state index in [0.29, 0.717) is 0 Å². The maximum atomic E-state index is 5.84. The first kappa shape index (κ1) is 15.9. The van der Waals surface area contributed by atoms with E-state index in [2.05, 4.69) is 48.9 Å². The Kier molecular flexibility index (Phi) is 6.65. The fourth-order valence-corrected chi connectivity index (χ4v) is 2.79. The van der Waals surface area contributed by atoms with Crippen LogP contribution in [0.3, 0.4) is 0 Å². The predicted octanol–water partition coefficient (Wildman–Crippen LogP) is 5.79. The van der Waals surface area contributed by atoms with Crippen molar-refractivity contribution in [2.45, 2.75) is 65.3 Å². The molecule has 1 heterocycles. The summed E-state index contributed by atoms with van der Waals surface area (Å²) < 4.78 is 8.21. The number of aromatic nitrogens is 1. The van der Waals surface area contributed by atoms with Crippen LogP contribution in [0, 0.1) is 0 Å². The van der Waals surface area contributed by atoms with Crippen LogP contribution in [-0.2, 0) is 6.54 Å². The molecule has 0 atom stereocenters. The second-order valence-corrected chi connectivity index (χ2v) is 5.81. The molecule has 0 spiro atoms. The molecule has 21 heavy (non-hydrogen) atoms. The molecule has 0 amide bonds. The van der Waals surface area contributed by atoms with Crippen molar-refractivity contribution in [1.82, 2.24) is 4.57 Å². The van der Waals surface area contributed by atoms with Crippen molar-refractivity contribution in [1.29, 1.82) is 0 Å². The van der Waals surface area contributed by atoms with Gasteiger partial charge in [-0.3, -0.25) is 0 Å². The number of benzene rings is 1. The van der Waals surface area contributed by atoms with E-state index in [1.54, 1.807) is 0 Å². The molecule has 1 aromatic carbocycles. The van der Waals surface area contributed by atoms with Crippen molar-refractivity contribution in [2.24, 2.45) is 0 Å². The van der Waals surface area contributed by atoms with E-state index in [9.17, 15) is 0 Å². The van der Waals surface area contributed by atoms with Crippen LogP contribution in [0.25, 0.3) is 10.9 Å². The number of aryl methyl sites for hydroxylation is 1. The molecule has 2 heteroatoms. The highest BCUT2D eigenvalue weighted by molar-refractivity contribution is 5.86. The lowest BCUT2D eigenvalue weighted by Crippen LogP contribution is -1.97. The minimum atomic E-state index is 0.793. The molecule has 0 saturated carbocycles. The molecule has 0 N–H and O–H groups in total. The summed E-state index contributed by atoms with van der Waals surface area (Å²) in [4.78, 5) is 0.